The van der Waals surface area contributed by atoms with E-state index in [4.69, 9.17) is 0 Å². The first-order valence-corrected chi connectivity index (χ1v) is 11.1. The highest BCUT2D eigenvalue weighted by atomic mass is 19.3. The van der Waals surface area contributed by atoms with Crippen molar-refractivity contribution in [1.82, 2.24) is 10.6 Å². The van der Waals surface area contributed by atoms with E-state index in [1.54, 1.807) is 30.3 Å². The molecule has 2 fully saturated rings. The first kappa shape index (κ1) is 25.3. The van der Waals surface area contributed by atoms with E-state index in [1.165, 1.54) is 6.07 Å². The maximum atomic E-state index is 13.8. The molecule has 0 bridgehead atoms. The van der Waals surface area contributed by atoms with Gasteiger partial charge in [-0.25, -0.2) is 8.78 Å². The average Bonchev–Trinajstić information content (AvgIpc) is 3.43. The fraction of sp³-hybridized carbons (Fsp3) is 0.423. The van der Waals surface area contributed by atoms with Crippen LogP contribution in [-0.4, -0.2) is 23.6 Å². The molecule has 8 heteroatoms. The van der Waals surface area contributed by atoms with Gasteiger partial charge in [-0.15, -0.1) is 0 Å². The summed E-state index contributed by atoms with van der Waals surface area (Å²) in [5.74, 6) is -3.31. The SMILES string of the molecule is C.CC(F)(F)c1ccccc1Nc1ccc(CNC(=O)C2(CC(=O)C3CCC(=O)N3)CC2)cc1. The summed E-state index contributed by atoms with van der Waals surface area (Å²) in [4.78, 5) is 36.5. The Bertz CT molecular complexity index is 1060. The highest BCUT2D eigenvalue weighted by Crippen LogP contribution is 2.49. The second-order valence-electron chi connectivity index (χ2n) is 9.02. The van der Waals surface area contributed by atoms with Crippen LogP contribution in [0.15, 0.2) is 48.5 Å². The molecule has 1 saturated carbocycles. The molecule has 0 radical (unpaired) electrons. The highest BCUT2D eigenvalue weighted by Gasteiger charge is 2.51. The van der Waals surface area contributed by atoms with Crippen molar-refractivity contribution in [3.63, 3.8) is 0 Å². The van der Waals surface area contributed by atoms with Crippen molar-refractivity contribution < 1.29 is 23.2 Å². The van der Waals surface area contributed by atoms with Crippen molar-refractivity contribution in [2.75, 3.05) is 5.32 Å². The standard InChI is InChI=1S/C25H27F2N3O3.CH4/c1-24(26,27)18-4-2-3-5-19(18)29-17-8-6-16(7-9-17)15-28-23(33)25(12-13-25)14-21(31)20-10-11-22(32)30-20;/h2-9,20,29H,10-15H2,1H3,(H,28,33)(H,30,32);1H4. The predicted molar refractivity (Wildman–Crippen MR) is 127 cm³/mol. The molecule has 182 valence electrons. The Morgan fingerprint density at radius 1 is 1.12 bits per heavy atom. The molecule has 1 aliphatic heterocycles. The zero-order chi connectivity index (χ0) is 23.6. The third kappa shape index (κ3) is 5.79. The molecule has 3 N–H and O–H groups in total. The number of halogens is 2. The van der Waals surface area contributed by atoms with Crippen molar-refractivity contribution in [1.29, 1.82) is 0 Å². The Morgan fingerprint density at radius 3 is 2.38 bits per heavy atom. The van der Waals surface area contributed by atoms with Gasteiger partial charge in [-0.1, -0.05) is 37.8 Å². The number of nitrogens with one attached hydrogen (secondary N) is 3. The van der Waals surface area contributed by atoms with Crippen LogP contribution in [0.5, 0.6) is 0 Å². The van der Waals surface area contributed by atoms with Crippen LogP contribution in [0.25, 0.3) is 0 Å². The molecule has 0 spiro atoms. The minimum atomic E-state index is -2.96. The summed E-state index contributed by atoms with van der Waals surface area (Å²) in [7, 11) is 0. The van der Waals surface area contributed by atoms with E-state index in [9.17, 15) is 23.2 Å². The van der Waals surface area contributed by atoms with Crippen LogP contribution < -0.4 is 16.0 Å². The molecule has 1 aliphatic carbocycles. The molecule has 2 aliphatic rings. The number of carbonyl (C=O) groups excluding carboxylic acids is 3. The van der Waals surface area contributed by atoms with Crippen LogP contribution in [0.4, 0.5) is 20.2 Å². The third-order valence-corrected chi connectivity index (χ3v) is 6.32. The zero-order valence-electron chi connectivity index (χ0n) is 18.4. The van der Waals surface area contributed by atoms with Gasteiger partial charge in [0.25, 0.3) is 5.92 Å². The highest BCUT2D eigenvalue weighted by molar-refractivity contribution is 5.97. The van der Waals surface area contributed by atoms with Crippen LogP contribution in [-0.2, 0) is 26.9 Å². The third-order valence-electron chi connectivity index (χ3n) is 6.32. The smallest absolute Gasteiger partial charge is 0.272 e. The van der Waals surface area contributed by atoms with Crippen LogP contribution >= 0.6 is 0 Å². The number of para-hydroxylation sites is 1. The van der Waals surface area contributed by atoms with E-state index >= 15 is 0 Å². The molecule has 1 saturated heterocycles. The minimum Gasteiger partial charge on any atom is -0.355 e. The Kier molecular flexibility index (Phi) is 7.38. The molecule has 1 atom stereocenters. The summed E-state index contributed by atoms with van der Waals surface area (Å²) in [6.07, 6.45) is 2.32. The maximum absolute atomic E-state index is 13.8. The lowest BCUT2D eigenvalue weighted by Crippen LogP contribution is -2.38. The van der Waals surface area contributed by atoms with Gasteiger partial charge in [0.1, 0.15) is 0 Å². The lowest BCUT2D eigenvalue weighted by atomic mass is 9.94. The van der Waals surface area contributed by atoms with Gasteiger partial charge in [-0.05, 0) is 43.0 Å². The molecule has 34 heavy (non-hydrogen) atoms. The number of benzene rings is 2. The van der Waals surface area contributed by atoms with Crippen LogP contribution in [0.2, 0.25) is 0 Å². The van der Waals surface area contributed by atoms with Crippen LogP contribution in [0, 0.1) is 5.41 Å². The molecule has 1 unspecified atom stereocenters. The molecule has 2 amide bonds. The molecule has 0 aromatic heterocycles. The van der Waals surface area contributed by atoms with Gasteiger partial charge >= 0.3 is 0 Å². The Hall–Kier alpha value is -3.29. The summed E-state index contributed by atoms with van der Waals surface area (Å²) in [5.41, 5.74) is 1.10. The number of rotatable bonds is 9. The van der Waals surface area contributed by atoms with Gasteiger partial charge < -0.3 is 16.0 Å². The largest absolute Gasteiger partial charge is 0.355 e. The van der Waals surface area contributed by atoms with Gasteiger partial charge in [0.05, 0.1) is 11.5 Å². The van der Waals surface area contributed by atoms with Crippen LogP contribution in [0.1, 0.15) is 57.6 Å². The summed E-state index contributed by atoms with van der Waals surface area (Å²) in [6, 6.07) is 13.0. The average molecular weight is 472 g/mol. The number of anilines is 2. The van der Waals surface area contributed by atoms with Gasteiger partial charge in [0, 0.05) is 43.2 Å². The number of alkyl halides is 2. The fourth-order valence-corrected chi connectivity index (χ4v) is 4.15. The van der Waals surface area contributed by atoms with E-state index in [0.29, 0.717) is 43.6 Å². The van der Waals surface area contributed by atoms with E-state index in [-0.39, 0.29) is 37.0 Å². The monoisotopic (exact) mass is 471 g/mol. The molecular weight excluding hydrogens is 440 g/mol. The number of ketones is 1. The van der Waals surface area contributed by atoms with E-state index in [1.807, 2.05) is 12.1 Å². The van der Waals surface area contributed by atoms with Gasteiger partial charge in [-0.3, -0.25) is 14.4 Å². The quantitative estimate of drug-likeness (QED) is 0.490. The van der Waals surface area contributed by atoms with Crippen molar-refractivity contribution in [2.24, 2.45) is 5.41 Å². The minimum absolute atomic E-state index is 0. The number of Topliss-reactive ketones (excluding diaryl/α,β-unsaturated/α-hetero) is 1. The Labute approximate surface area is 198 Å². The van der Waals surface area contributed by atoms with E-state index in [0.717, 1.165) is 12.5 Å². The van der Waals surface area contributed by atoms with E-state index in [2.05, 4.69) is 16.0 Å². The second-order valence-corrected chi connectivity index (χ2v) is 9.02. The second kappa shape index (κ2) is 9.91. The summed E-state index contributed by atoms with van der Waals surface area (Å²) < 4.78 is 27.6. The molecule has 2 aromatic carbocycles. The molecule has 4 rings (SSSR count). The lowest BCUT2D eigenvalue weighted by molar-refractivity contribution is -0.131. The molecule has 6 nitrogen and oxygen atoms in total. The zero-order valence-corrected chi connectivity index (χ0v) is 18.4. The number of hydrogen-bond acceptors (Lipinski definition) is 4. The van der Waals surface area contributed by atoms with Gasteiger partial charge in [-0.2, -0.15) is 0 Å². The van der Waals surface area contributed by atoms with Crippen LogP contribution in [0.3, 0.4) is 0 Å². The predicted octanol–water partition coefficient (Wildman–Crippen LogP) is 4.81. The molecular formula is C26H31F2N3O3. The molecule has 2 aromatic rings. The maximum Gasteiger partial charge on any atom is 0.272 e. The summed E-state index contributed by atoms with van der Waals surface area (Å²) in [6.45, 7) is 1.17. The van der Waals surface area contributed by atoms with Crippen molar-refractivity contribution in [2.45, 2.75) is 65.0 Å². The van der Waals surface area contributed by atoms with E-state index < -0.39 is 17.4 Å². The number of amides is 2. The Balaban J connectivity index is 0.00000324. The summed E-state index contributed by atoms with van der Waals surface area (Å²) in [5, 5.41) is 8.60. The first-order valence-electron chi connectivity index (χ1n) is 11.1. The van der Waals surface area contributed by atoms with Crippen molar-refractivity contribution in [3.05, 3.63) is 59.7 Å². The lowest BCUT2D eigenvalue weighted by Gasteiger charge is -2.18. The normalized spacial score (nSPS) is 18.4. The number of hydrogen-bond donors (Lipinski definition) is 3. The number of carbonyl (C=O) groups is 3. The molecule has 1 heterocycles. The topological polar surface area (TPSA) is 87.3 Å². The summed E-state index contributed by atoms with van der Waals surface area (Å²) >= 11 is 0. The van der Waals surface area contributed by atoms with Gasteiger partial charge in [0.15, 0.2) is 5.78 Å². The first-order chi connectivity index (χ1) is 15.7. The Morgan fingerprint density at radius 2 is 1.79 bits per heavy atom. The van der Waals surface area contributed by atoms with Crippen molar-refractivity contribution >= 4 is 29.0 Å². The van der Waals surface area contributed by atoms with Gasteiger partial charge in [0.2, 0.25) is 11.8 Å². The van der Waals surface area contributed by atoms with Crippen molar-refractivity contribution in [3.8, 4) is 0 Å². The fourth-order valence-electron chi connectivity index (χ4n) is 4.15.